The van der Waals surface area contributed by atoms with Gasteiger partial charge in [0, 0.05) is 12.6 Å². The van der Waals surface area contributed by atoms with Crippen LogP contribution in [0, 0.1) is 13.8 Å². The Morgan fingerprint density at radius 1 is 1.13 bits per heavy atom. The molecule has 0 amide bonds. The number of imidazole rings is 1. The van der Waals surface area contributed by atoms with Gasteiger partial charge >= 0.3 is 0 Å². The van der Waals surface area contributed by atoms with Crippen LogP contribution in [0.15, 0.2) is 24.3 Å². The summed E-state index contributed by atoms with van der Waals surface area (Å²) in [4.78, 5) is 4.45. The fraction of sp³-hybridized carbons (Fsp3) is 0.250. The molecular weight excluding hydrogens is 186 g/mol. The Morgan fingerprint density at radius 2 is 1.73 bits per heavy atom. The number of hydrogen-bond donors (Lipinski definition) is 1. The number of hydrogen-bond acceptors (Lipinski definition) is 2. The molecule has 0 fully saturated rings. The van der Waals surface area contributed by atoms with Crippen LogP contribution in [0.4, 0.5) is 5.82 Å². The molecule has 2 aromatic rings. The first-order valence-corrected chi connectivity index (χ1v) is 4.95. The van der Waals surface area contributed by atoms with Crippen molar-refractivity contribution in [1.82, 2.24) is 9.55 Å². The van der Waals surface area contributed by atoms with Crippen LogP contribution in [0.5, 0.6) is 0 Å². The second kappa shape index (κ2) is 3.42. The van der Waals surface area contributed by atoms with Crippen molar-refractivity contribution in [3.05, 3.63) is 35.5 Å². The van der Waals surface area contributed by atoms with Gasteiger partial charge in [0.25, 0.3) is 0 Å². The molecule has 0 aliphatic carbocycles. The lowest BCUT2D eigenvalue weighted by molar-refractivity contribution is 0.936. The van der Waals surface area contributed by atoms with Crippen molar-refractivity contribution < 1.29 is 0 Å². The highest BCUT2D eigenvalue weighted by Crippen LogP contribution is 2.22. The van der Waals surface area contributed by atoms with Crippen LogP contribution in [0.3, 0.4) is 0 Å². The molecule has 0 spiro atoms. The fourth-order valence-corrected chi connectivity index (χ4v) is 1.61. The average Bonchev–Trinajstić information content (AvgIpc) is 2.47. The van der Waals surface area contributed by atoms with E-state index in [1.165, 1.54) is 5.56 Å². The summed E-state index contributed by atoms with van der Waals surface area (Å²) in [5, 5.41) is 0. The first-order chi connectivity index (χ1) is 7.09. The first-order valence-electron chi connectivity index (χ1n) is 4.95. The standard InChI is InChI=1S/C12H15N3/c1-8-4-6-10(7-5-8)12-14-9(2)11(13)15(12)3/h4-7H,13H2,1-3H3. The van der Waals surface area contributed by atoms with Gasteiger partial charge in [-0.15, -0.1) is 0 Å². The highest BCUT2D eigenvalue weighted by atomic mass is 15.1. The van der Waals surface area contributed by atoms with Crippen molar-refractivity contribution >= 4 is 5.82 Å². The smallest absolute Gasteiger partial charge is 0.141 e. The Hall–Kier alpha value is -1.77. The van der Waals surface area contributed by atoms with Crippen LogP contribution in [0.2, 0.25) is 0 Å². The number of aryl methyl sites for hydroxylation is 2. The number of nitrogens with zero attached hydrogens (tertiary/aromatic N) is 2. The van der Waals surface area contributed by atoms with Gasteiger partial charge in [0.2, 0.25) is 0 Å². The molecule has 0 unspecified atom stereocenters. The summed E-state index contributed by atoms with van der Waals surface area (Å²) < 4.78 is 1.92. The van der Waals surface area contributed by atoms with E-state index in [1.54, 1.807) is 0 Å². The number of anilines is 1. The summed E-state index contributed by atoms with van der Waals surface area (Å²) in [5.41, 5.74) is 9.10. The molecule has 3 nitrogen and oxygen atoms in total. The molecule has 0 aliphatic rings. The number of nitrogen functional groups attached to an aromatic ring is 1. The monoisotopic (exact) mass is 201 g/mol. The minimum absolute atomic E-state index is 0.727. The minimum Gasteiger partial charge on any atom is -0.384 e. The van der Waals surface area contributed by atoms with Gasteiger partial charge < -0.3 is 10.3 Å². The molecule has 0 radical (unpaired) electrons. The normalized spacial score (nSPS) is 10.6. The maximum atomic E-state index is 5.87. The van der Waals surface area contributed by atoms with Crippen molar-refractivity contribution in [3.63, 3.8) is 0 Å². The van der Waals surface area contributed by atoms with E-state index >= 15 is 0 Å². The number of rotatable bonds is 1. The van der Waals surface area contributed by atoms with Crippen LogP contribution in [0.25, 0.3) is 11.4 Å². The predicted molar refractivity (Wildman–Crippen MR) is 62.5 cm³/mol. The van der Waals surface area contributed by atoms with E-state index in [0.717, 1.165) is 22.9 Å². The molecule has 2 N–H and O–H groups in total. The van der Waals surface area contributed by atoms with Crippen molar-refractivity contribution in [1.29, 1.82) is 0 Å². The Bertz CT molecular complexity index is 480. The van der Waals surface area contributed by atoms with Gasteiger partial charge in [-0.2, -0.15) is 0 Å². The highest BCUT2D eigenvalue weighted by Gasteiger charge is 2.09. The molecule has 0 atom stereocenters. The Balaban J connectivity index is 2.54. The lowest BCUT2D eigenvalue weighted by Gasteiger charge is -2.03. The van der Waals surface area contributed by atoms with Crippen molar-refractivity contribution in [3.8, 4) is 11.4 Å². The largest absolute Gasteiger partial charge is 0.384 e. The third-order valence-electron chi connectivity index (χ3n) is 2.63. The van der Waals surface area contributed by atoms with Gasteiger partial charge in [-0.25, -0.2) is 4.98 Å². The Morgan fingerprint density at radius 3 is 2.20 bits per heavy atom. The van der Waals surface area contributed by atoms with E-state index in [2.05, 4.69) is 36.2 Å². The Labute approximate surface area is 89.6 Å². The molecule has 78 valence electrons. The molecule has 0 saturated heterocycles. The molecule has 0 saturated carbocycles. The van der Waals surface area contributed by atoms with Crippen LogP contribution in [-0.2, 0) is 7.05 Å². The third-order valence-corrected chi connectivity index (χ3v) is 2.63. The summed E-state index contributed by atoms with van der Waals surface area (Å²) in [7, 11) is 1.94. The third kappa shape index (κ3) is 1.61. The summed E-state index contributed by atoms with van der Waals surface area (Å²) in [6.07, 6.45) is 0. The zero-order chi connectivity index (χ0) is 11.0. The predicted octanol–water partition coefficient (Wildman–Crippen LogP) is 2.29. The molecule has 1 aromatic heterocycles. The highest BCUT2D eigenvalue weighted by molar-refractivity contribution is 5.60. The second-order valence-electron chi connectivity index (χ2n) is 3.83. The van der Waals surface area contributed by atoms with Crippen LogP contribution < -0.4 is 5.73 Å². The maximum Gasteiger partial charge on any atom is 0.141 e. The van der Waals surface area contributed by atoms with Gasteiger partial charge in [0.1, 0.15) is 11.6 Å². The zero-order valence-corrected chi connectivity index (χ0v) is 9.28. The molecule has 1 aromatic carbocycles. The Kier molecular flexibility index (Phi) is 2.23. The van der Waals surface area contributed by atoms with E-state index in [-0.39, 0.29) is 0 Å². The van der Waals surface area contributed by atoms with Gasteiger partial charge in [-0.05, 0) is 13.8 Å². The van der Waals surface area contributed by atoms with Crippen molar-refractivity contribution in [2.45, 2.75) is 13.8 Å². The molecule has 3 heteroatoms. The van der Waals surface area contributed by atoms with Crippen LogP contribution >= 0.6 is 0 Å². The zero-order valence-electron chi connectivity index (χ0n) is 9.28. The van der Waals surface area contributed by atoms with E-state index in [0.29, 0.717) is 0 Å². The maximum absolute atomic E-state index is 5.87. The van der Waals surface area contributed by atoms with Gasteiger partial charge in [0.15, 0.2) is 0 Å². The van der Waals surface area contributed by atoms with E-state index in [9.17, 15) is 0 Å². The van der Waals surface area contributed by atoms with Gasteiger partial charge in [0.05, 0.1) is 5.69 Å². The number of aromatic nitrogens is 2. The van der Waals surface area contributed by atoms with E-state index in [4.69, 9.17) is 5.73 Å². The van der Waals surface area contributed by atoms with Gasteiger partial charge in [-0.1, -0.05) is 29.8 Å². The van der Waals surface area contributed by atoms with Crippen LogP contribution in [-0.4, -0.2) is 9.55 Å². The first kappa shape index (κ1) is 9.77. The lowest BCUT2D eigenvalue weighted by Crippen LogP contribution is -1.98. The van der Waals surface area contributed by atoms with Crippen LogP contribution in [0.1, 0.15) is 11.3 Å². The van der Waals surface area contributed by atoms with E-state index in [1.807, 2.05) is 18.5 Å². The number of nitrogens with two attached hydrogens (primary N) is 1. The molecule has 15 heavy (non-hydrogen) atoms. The summed E-state index contributed by atoms with van der Waals surface area (Å²) >= 11 is 0. The molecule has 2 rings (SSSR count). The minimum atomic E-state index is 0.727. The van der Waals surface area contributed by atoms with Crippen molar-refractivity contribution in [2.75, 3.05) is 5.73 Å². The quantitative estimate of drug-likeness (QED) is 0.769. The lowest BCUT2D eigenvalue weighted by atomic mass is 10.1. The average molecular weight is 201 g/mol. The molecular formula is C12H15N3. The molecule has 0 bridgehead atoms. The second-order valence-corrected chi connectivity index (χ2v) is 3.83. The summed E-state index contributed by atoms with van der Waals surface area (Å²) in [6, 6.07) is 8.29. The van der Waals surface area contributed by atoms with Crippen molar-refractivity contribution in [2.24, 2.45) is 7.05 Å². The number of benzene rings is 1. The van der Waals surface area contributed by atoms with Gasteiger partial charge in [-0.3, -0.25) is 0 Å². The summed E-state index contributed by atoms with van der Waals surface area (Å²) in [6.45, 7) is 3.99. The fourth-order valence-electron chi connectivity index (χ4n) is 1.61. The SMILES string of the molecule is Cc1ccc(-c2nc(C)c(N)n2C)cc1. The molecule has 1 heterocycles. The van der Waals surface area contributed by atoms with E-state index < -0.39 is 0 Å². The molecule has 0 aliphatic heterocycles. The summed E-state index contributed by atoms with van der Waals surface area (Å²) in [5.74, 6) is 1.65. The topological polar surface area (TPSA) is 43.8 Å².